The lowest BCUT2D eigenvalue weighted by molar-refractivity contribution is 0.0702. The highest BCUT2D eigenvalue weighted by atomic mass is 32.2. The molecule has 0 spiro atoms. The number of amides is 1. The molecular weight excluding hydrogens is 352 g/mol. The summed E-state index contributed by atoms with van der Waals surface area (Å²) in [5.74, 6) is 0.640. The maximum absolute atomic E-state index is 12.7. The molecule has 1 N–H and O–H groups in total. The lowest BCUT2D eigenvalue weighted by atomic mass is 10.1. The number of anilines is 1. The molecule has 1 saturated carbocycles. The second-order valence-electron chi connectivity index (χ2n) is 7.27. The van der Waals surface area contributed by atoms with Crippen LogP contribution in [0.15, 0.2) is 12.4 Å². The number of rotatable bonds is 5. The van der Waals surface area contributed by atoms with Gasteiger partial charge < -0.3 is 10.2 Å². The molecule has 2 aliphatic rings. The summed E-state index contributed by atoms with van der Waals surface area (Å²) in [6.07, 6.45) is 10.9. The van der Waals surface area contributed by atoms with Crippen LogP contribution in [0.25, 0.3) is 0 Å². The Balaban J connectivity index is 1.64. The van der Waals surface area contributed by atoms with E-state index in [0.29, 0.717) is 24.8 Å². The smallest absolute Gasteiger partial charge is 0.274 e. The van der Waals surface area contributed by atoms with Crippen LogP contribution in [0, 0.1) is 0 Å². The van der Waals surface area contributed by atoms with Crippen molar-refractivity contribution in [1.29, 1.82) is 0 Å². The van der Waals surface area contributed by atoms with Gasteiger partial charge in [-0.3, -0.25) is 4.79 Å². The van der Waals surface area contributed by atoms with Gasteiger partial charge in [-0.15, -0.1) is 0 Å². The van der Waals surface area contributed by atoms with Crippen LogP contribution in [0.1, 0.15) is 62.4 Å². The quantitative estimate of drug-likeness (QED) is 0.788. The van der Waals surface area contributed by atoms with E-state index in [2.05, 4.69) is 15.3 Å². The lowest BCUT2D eigenvalue weighted by Crippen LogP contribution is -2.41. The first kappa shape index (κ1) is 19.1. The van der Waals surface area contributed by atoms with Gasteiger partial charge in [0.15, 0.2) is 9.84 Å². The molecule has 26 heavy (non-hydrogen) atoms. The highest BCUT2D eigenvalue weighted by molar-refractivity contribution is 7.91. The number of carbonyl (C=O) groups excluding carboxylic acids is 1. The van der Waals surface area contributed by atoms with Crippen molar-refractivity contribution in [3.8, 4) is 0 Å². The van der Waals surface area contributed by atoms with Gasteiger partial charge in [-0.2, -0.15) is 0 Å². The summed E-state index contributed by atoms with van der Waals surface area (Å²) in [6, 6.07) is 0.160. The zero-order chi connectivity index (χ0) is 18.6. The van der Waals surface area contributed by atoms with Gasteiger partial charge in [-0.1, -0.05) is 25.7 Å². The first-order valence-electron chi connectivity index (χ1n) is 9.58. The van der Waals surface area contributed by atoms with Crippen molar-refractivity contribution in [2.75, 3.05) is 23.4 Å². The first-order valence-corrected chi connectivity index (χ1v) is 11.4. The molecule has 1 atom stereocenters. The molecule has 0 radical (unpaired) electrons. The highest BCUT2D eigenvalue weighted by Crippen LogP contribution is 2.21. The van der Waals surface area contributed by atoms with Crippen molar-refractivity contribution in [2.45, 2.75) is 64.0 Å². The minimum atomic E-state index is -3.03. The van der Waals surface area contributed by atoms with Crippen molar-refractivity contribution in [3.05, 3.63) is 18.1 Å². The van der Waals surface area contributed by atoms with Gasteiger partial charge in [0.2, 0.25) is 0 Å². The van der Waals surface area contributed by atoms with Crippen molar-refractivity contribution >= 4 is 21.6 Å². The van der Waals surface area contributed by atoms with Crippen LogP contribution >= 0.6 is 0 Å². The zero-order valence-electron chi connectivity index (χ0n) is 15.4. The van der Waals surface area contributed by atoms with Crippen LogP contribution in [-0.2, 0) is 9.84 Å². The van der Waals surface area contributed by atoms with E-state index >= 15 is 0 Å². The Kier molecular flexibility index (Phi) is 6.11. The number of carbonyl (C=O) groups is 1. The van der Waals surface area contributed by atoms with Gasteiger partial charge >= 0.3 is 0 Å². The van der Waals surface area contributed by atoms with E-state index in [0.717, 1.165) is 12.8 Å². The van der Waals surface area contributed by atoms with Crippen molar-refractivity contribution in [2.24, 2.45) is 0 Å². The van der Waals surface area contributed by atoms with Crippen LogP contribution in [0.4, 0.5) is 5.82 Å². The molecule has 7 nitrogen and oxygen atoms in total. The monoisotopic (exact) mass is 380 g/mol. The van der Waals surface area contributed by atoms with Crippen LogP contribution in [-0.4, -0.2) is 59.3 Å². The predicted octanol–water partition coefficient (Wildman–Crippen LogP) is 2.26. The third kappa shape index (κ3) is 4.72. The summed E-state index contributed by atoms with van der Waals surface area (Å²) >= 11 is 0. The summed E-state index contributed by atoms with van der Waals surface area (Å²) in [6.45, 7) is 2.32. The number of hydrogen-bond acceptors (Lipinski definition) is 6. The lowest BCUT2D eigenvalue weighted by Gasteiger charge is -2.26. The van der Waals surface area contributed by atoms with E-state index in [1.54, 1.807) is 11.1 Å². The summed E-state index contributed by atoms with van der Waals surface area (Å²) in [7, 11) is -3.03. The van der Waals surface area contributed by atoms with E-state index in [9.17, 15) is 13.2 Å². The highest BCUT2D eigenvalue weighted by Gasteiger charge is 2.34. The van der Waals surface area contributed by atoms with Crippen LogP contribution < -0.4 is 5.32 Å². The maximum Gasteiger partial charge on any atom is 0.274 e. The Morgan fingerprint density at radius 1 is 1.15 bits per heavy atom. The van der Waals surface area contributed by atoms with Crippen LogP contribution in [0.5, 0.6) is 0 Å². The number of nitrogens with zero attached hydrogens (tertiary/aromatic N) is 3. The SMILES string of the molecule is CCN(C(=O)c1cnc(NC2CCCCCC2)cn1)C1CCS(=O)(=O)C1. The third-order valence-corrected chi connectivity index (χ3v) is 7.08. The van der Waals surface area contributed by atoms with Crippen molar-refractivity contribution < 1.29 is 13.2 Å². The molecule has 3 rings (SSSR count). The molecule has 1 aromatic heterocycles. The fourth-order valence-corrected chi connectivity index (χ4v) is 5.61. The van der Waals surface area contributed by atoms with Gasteiger partial charge in [-0.05, 0) is 26.2 Å². The van der Waals surface area contributed by atoms with Crippen molar-refractivity contribution in [3.63, 3.8) is 0 Å². The van der Waals surface area contributed by atoms with Gasteiger partial charge in [0, 0.05) is 18.6 Å². The van der Waals surface area contributed by atoms with Gasteiger partial charge in [0.05, 0.1) is 23.9 Å². The van der Waals surface area contributed by atoms with E-state index in [1.165, 1.54) is 31.9 Å². The Hall–Kier alpha value is -1.70. The van der Waals surface area contributed by atoms with Crippen molar-refractivity contribution in [1.82, 2.24) is 14.9 Å². The Morgan fingerprint density at radius 3 is 2.42 bits per heavy atom. The molecule has 1 aliphatic heterocycles. The average Bonchev–Trinajstić information content (AvgIpc) is 2.82. The summed E-state index contributed by atoms with van der Waals surface area (Å²) in [5, 5.41) is 3.42. The Labute approximate surface area is 155 Å². The fourth-order valence-electron chi connectivity index (χ4n) is 3.88. The number of hydrogen-bond donors (Lipinski definition) is 1. The summed E-state index contributed by atoms with van der Waals surface area (Å²) in [4.78, 5) is 23.0. The second kappa shape index (κ2) is 8.33. The zero-order valence-corrected chi connectivity index (χ0v) is 16.2. The molecule has 2 heterocycles. The Bertz CT molecular complexity index is 712. The Morgan fingerprint density at radius 2 is 1.88 bits per heavy atom. The van der Waals surface area contributed by atoms with Gasteiger partial charge in [-0.25, -0.2) is 18.4 Å². The molecule has 0 bridgehead atoms. The molecule has 8 heteroatoms. The normalized spacial score (nSPS) is 23.3. The largest absolute Gasteiger partial charge is 0.366 e. The number of sulfone groups is 1. The van der Waals surface area contributed by atoms with E-state index in [-0.39, 0.29) is 29.1 Å². The number of nitrogens with one attached hydrogen (secondary N) is 1. The van der Waals surface area contributed by atoms with Crippen LogP contribution in [0.3, 0.4) is 0 Å². The van der Waals surface area contributed by atoms with E-state index < -0.39 is 9.84 Å². The molecule has 1 aliphatic carbocycles. The van der Waals surface area contributed by atoms with Crippen LogP contribution in [0.2, 0.25) is 0 Å². The molecule has 144 valence electrons. The molecule has 0 aromatic carbocycles. The molecule has 1 unspecified atom stereocenters. The second-order valence-corrected chi connectivity index (χ2v) is 9.50. The maximum atomic E-state index is 12.7. The third-order valence-electron chi connectivity index (χ3n) is 5.33. The predicted molar refractivity (Wildman–Crippen MR) is 101 cm³/mol. The standard InChI is InChI=1S/C18H28N4O3S/c1-2-22(15-9-10-26(24,25)13-15)18(23)16-11-20-17(12-19-16)21-14-7-5-3-4-6-8-14/h11-12,14-15H,2-10,13H2,1H3,(H,20,21). The van der Waals surface area contributed by atoms with E-state index in [4.69, 9.17) is 0 Å². The molecule has 1 saturated heterocycles. The molecule has 1 aromatic rings. The number of aromatic nitrogens is 2. The average molecular weight is 381 g/mol. The summed E-state index contributed by atoms with van der Waals surface area (Å²) < 4.78 is 23.4. The summed E-state index contributed by atoms with van der Waals surface area (Å²) in [5.41, 5.74) is 0.266. The molecule has 2 fully saturated rings. The molecule has 1 amide bonds. The fraction of sp³-hybridized carbons (Fsp3) is 0.722. The molecular formula is C18H28N4O3S. The topological polar surface area (TPSA) is 92.3 Å². The minimum absolute atomic E-state index is 0.0430. The first-order chi connectivity index (χ1) is 12.5. The van der Waals surface area contributed by atoms with Gasteiger partial charge in [0.1, 0.15) is 11.5 Å². The minimum Gasteiger partial charge on any atom is -0.366 e. The van der Waals surface area contributed by atoms with E-state index in [1.807, 2.05) is 6.92 Å². The van der Waals surface area contributed by atoms with Gasteiger partial charge in [0.25, 0.3) is 5.91 Å².